The van der Waals surface area contributed by atoms with Crippen molar-refractivity contribution in [3.63, 3.8) is 0 Å². The normalized spacial score (nSPS) is 22.9. The van der Waals surface area contributed by atoms with E-state index in [9.17, 15) is 9.90 Å². The summed E-state index contributed by atoms with van der Waals surface area (Å²) < 4.78 is 0. The Balaban J connectivity index is 1.89. The van der Waals surface area contributed by atoms with Crippen LogP contribution in [0.3, 0.4) is 0 Å². The topological polar surface area (TPSA) is 65.5 Å². The molecule has 0 saturated heterocycles. The van der Waals surface area contributed by atoms with Gasteiger partial charge in [0.25, 0.3) is 0 Å². The summed E-state index contributed by atoms with van der Waals surface area (Å²) in [4.78, 5) is 18.1. The second kappa shape index (κ2) is 8.13. The Hall–Kier alpha value is -1.62. The van der Waals surface area contributed by atoms with Gasteiger partial charge in [-0.2, -0.15) is 0 Å². The van der Waals surface area contributed by atoms with E-state index in [4.69, 9.17) is 0 Å². The molecule has 3 atom stereocenters. The van der Waals surface area contributed by atoms with Crippen LogP contribution in [0.2, 0.25) is 0 Å². The van der Waals surface area contributed by atoms with Crippen LogP contribution < -0.4 is 5.32 Å². The number of aromatic nitrogens is 1. The minimum atomic E-state index is -0.272. The van der Waals surface area contributed by atoms with Gasteiger partial charge in [-0.1, -0.05) is 19.8 Å². The van der Waals surface area contributed by atoms with Crippen molar-refractivity contribution in [2.75, 3.05) is 13.6 Å². The third kappa shape index (κ3) is 4.44. The molecule has 2 amide bonds. The minimum absolute atomic E-state index is 0.00534. The third-order valence-corrected chi connectivity index (χ3v) is 4.54. The predicted octanol–water partition coefficient (Wildman–Crippen LogP) is 2.73. The fourth-order valence-electron chi connectivity index (χ4n) is 3.11. The van der Waals surface area contributed by atoms with Crippen molar-refractivity contribution in [1.29, 1.82) is 0 Å². The number of urea groups is 1. The maximum Gasteiger partial charge on any atom is 0.317 e. The Morgan fingerprint density at radius 1 is 1.41 bits per heavy atom. The van der Waals surface area contributed by atoms with Crippen molar-refractivity contribution < 1.29 is 9.90 Å². The lowest BCUT2D eigenvalue weighted by atomic mass is 9.86. The quantitative estimate of drug-likeness (QED) is 0.879. The van der Waals surface area contributed by atoms with E-state index in [1.54, 1.807) is 24.3 Å². The van der Waals surface area contributed by atoms with Crippen molar-refractivity contribution >= 4 is 6.03 Å². The molecule has 1 aliphatic rings. The van der Waals surface area contributed by atoms with E-state index in [1.807, 2.05) is 12.1 Å². The molecule has 1 aromatic heterocycles. The number of nitrogens with zero attached hydrogens (tertiary/aromatic N) is 2. The molecule has 122 valence electrons. The SMILES string of the molecule is CCC(NC(=O)N(C)CC1CCCCC1O)c1ccncc1. The number of aliphatic hydroxyl groups is 1. The molecule has 0 radical (unpaired) electrons. The highest BCUT2D eigenvalue weighted by Gasteiger charge is 2.26. The van der Waals surface area contributed by atoms with Crippen LogP contribution in [0, 0.1) is 5.92 Å². The van der Waals surface area contributed by atoms with Gasteiger partial charge < -0.3 is 15.3 Å². The van der Waals surface area contributed by atoms with Crippen LogP contribution in [0.1, 0.15) is 50.6 Å². The number of aliphatic hydroxyl groups excluding tert-OH is 1. The molecule has 0 spiro atoms. The zero-order valence-electron chi connectivity index (χ0n) is 13.5. The average molecular weight is 305 g/mol. The summed E-state index contributed by atoms with van der Waals surface area (Å²) in [7, 11) is 1.80. The van der Waals surface area contributed by atoms with Crippen LogP contribution in [0.25, 0.3) is 0 Å². The van der Waals surface area contributed by atoms with Crippen molar-refractivity contribution in [2.45, 2.75) is 51.2 Å². The molecule has 2 N–H and O–H groups in total. The van der Waals surface area contributed by atoms with Gasteiger partial charge >= 0.3 is 6.03 Å². The molecule has 2 rings (SSSR count). The van der Waals surface area contributed by atoms with Gasteiger partial charge in [-0.15, -0.1) is 0 Å². The number of amides is 2. The van der Waals surface area contributed by atoms with E-state index < -0.39 is 0 Å². The summed E-state index contributed by atoms with van der Waals surface area (Å²) in [5.74, 6) is 0.200. The Labute approximate surface area is 132 Å². The number of nitrogens with one attached hydrogen (secondary N) is 1. The van der Waals surface area contributed by atoms with E-state index in [2.05, 4.69) is 17.2 Å². The van der Waals surface area contributed by atoms with Crippen LogP contribution in [0.15, 0.2) is 24.5 Å². The fraction of sp³-hybridized carbons (Fsp3) is 0.647. The lowest BCUT2D eigenvalue weighted by Gasteiger charge is -2.32. The van der Waals surface area contributed by atoms with Gasteiger partial charge in [-0.3, -0.25) is 4.98 Å². The minimum Gasteiger partial charge on any atom is -0.393 e. The maximum atomic E-state index is 12.4. The zero-order valence-corrected chi connectivity index (χ0v) is 13.5. The Bertz CT molecular complexity index is 466. The van der Waals surface area contributed by atoms with Crippen LogP contribution in [-0.2, 0) is 0 Å². The van der Waals surface area contributed by atoms with Gasteiger partial charge in [0, 0.05) is 31.9 Å². The molecule has 0 aromatic carbocycles. The van der Waals surface area contributed by atoms with Crippen LogP contribution in [0.5, 0.6) is 0 Å². The van der Waals surface area contributed by atoms with Gasteiger partial charge in [-0.05, 0) is 37.0 Å². The van der Waals surface area contributed by atoms with E-state index in [0.717, 1.165) is 37.7 Å². The summed E-state index contributed by atoms with van der Waals surface area (Å²) in [5.41, 5.74) is 1.07. The van der Waals surface area contributed by atoms with Crippen molar-refractivity contribution in [3.05, 3.63) is 30.1 Å². The van der Waals surface area contributed by atoms with E-state index in [-0.39, 0.29) is 24.1 Å². The van der Waals surface area contributed by atoms with Crippen LogP contribution in [0.4, 0.5) is 4.79 Å². The summed E-state index contributed by atoms with van der Waals surface area (Å²) in [6.07, 6.45) is 8.13. The number of hydrogen-bond acceptors (Lipinski definition) is 3. The molecule has 22 heavy (non-hydrogen) atoms. The van der Waals surface area contributed by atoms with Gasteiger partial charge in [0.05, 0.1) is 12.1 Å². The molecule has 3 unspecified atom stereocenters. The molecule has 0 bridgehead atoms. The molecule has 1 fully saturated rings. The van der Waals surface area contributed by atoms with Crippen molar-refractivity contribution in [2.24, 2.45) is 5.92 Å². The average Bonchev–Trinajstić information content (AvgIpc) is 2.55. The number of carbonyl (C=O) groups excluding carboxylic acids is 1. The van der Waals surface area contributed by atoms with Gasteiger partial charge in [0.1, 0.15) is 0 Å². The third-order valence-electron chi connectivity index (χ3n) is 4.54. The first-order valence-electron chi connectivity index (χ1n) is 8.21. The number of carbonyl (C=O) groups is 1. The molecule has 1 saturated carbocycles. The van der Waals surface area contributed by atoms with Crippen molar-refractivity contribution in [1.82, 2.24) is 15.2 Å². The molecule has 1 aliphatic carbocycles. The Morgan fingerprint density at radius 3 is 2.73 bits per heavy atom. The Morgan fingerprint density at radius 2 is 2.09 bits per heavy atom. The number of pyridine rings is 1. The van der Waals surface area contributed by atoms with Crippen LogP contribution >= 0.6 is 0 Å². The standard InChI is InChI=1S/C17H27N3O2/c1-3-15(13-8-10-18-11-9-13)19-17(22)20(2)12-14-6-4-5-7-16(14)21/h8-11,14-16,21H,3-7,12H2,1-2H3,(H,19,22). The first-order valence-corrected chi connectivity index (χ1v) is 8.21. The first kappa shape index (κ1) is 16.7. The van der Waals surface area contributed by atoms with Gasteiger partial charge in [-0.25, -0.2) is 4.79 Å². The molecule has 1 aromatic rings. The highest BCUT2D eigenvalue weighted by atomic mass is 16.3. The van der Waals surface area contributed by atoms with Crippen molar-refractivity contribution in [3.8, 4) is 0 Å². The van der Waals surface area contributed by atoms with E-state index >= 15 is 0 Å². The fourth-order valence-corrected chi connectivity index (χ4v) is 3.11. The van der Waals surface area contributed by atoms with Crippen LogP contribution in [-0.4, -0.2) is 40.7 Å². The smallest absolute Gasteiger partial charge is 0.317 e. The predicted molar refractivity (Wildman–Crippen MR) is 86.4 cm³/mol. The molecule has 5 nitrogen and oxygen atoms in total. The molecular formula is C17H27N3O2. The molecular weight excluding hydrogens is 278 g/mol. The summed E-state index contributed by atoms with van der Waals surface area (Å²) in [5, 5.41) is 13.1. The largest absolute Gasteiger partial charge is 0.393 e. The molecule has 5 heteroatoms. The summed E-state index contributed by atoms with van der Waals surface area (Å²) >= 11 is 0. The summed E-state index contributed by atoms with van der Waals surface area (Å²) in [6.45, 7) is 2.66. The van der Waals surface area contributed by atoms with Gasteiger partial charge in [0.15, 0.2) is 0 Å². The highest BCUT2D eigenvalue weighted by molar-refractivity contribution is 5.74. The zero-order chi connectivity index (χ0) is 15.9. The van der Waals surface area contributed by atoms with E-state index in [0.29, 0.717) is 6.54 Å². The first-order chi connectivity index (χ1) is 10.6. The molecule has 0 aliphatic heterocycles. The van der Waals surface area contributed by atoms with Gasteiger partial charge in [0.2, 0.25) is 0 Å². The Kier molecular flexibility index (Phi) is 6.19. The maximum absolute atomic E-state index is 12.4. The highest BCUT2D eigenvalue weighted by Crippen LogP contribution is 2.25. The second-order valence-corrected chi connectivity index (χ2v) is 6.18. The lowest BCUT2D eigenvalue weighted by molar-refractivity contribution is 0.0562. The number of hydrogen-bond donors (Lipinski definition) is 2. The second-order valence-electron chi connectivity index (χ2n) is 6.18. The summed E-state index contributed by atoms with van der Waals surface area (Å²) in [6, 6.07) is 3.77. The number of rotatable bonds is 5. The monoisotopic (exact) mass is 305 g/mol. The lowest BCUT2D eigenvalue weighted by Crippen LogP contribution is -2.44. The van der Waals surface area contributed by atoms with E-state index in [1.165, 1.54) is 0 Å². The molecule has 1 heterocycles.